The summed E-state index contributed by atoms with van der Waals surface area (Å²) in [5.41, 5.74) is 2.05. The average molecular weight is 294 g/mol. The number of aromatic nitrogens is 2. The maximum absolute atomic E-state index is 6.32. The van der Waals surface area contributed by atoms with Crippen molar-refractivity contribution >= 4 is 29.1 Å². The van der Waals surface area contributed by atoms with Crippen LogP contribution >= 0.6 is 23.4 Å². The zero-order valence-corrected chi connectivity index (χ0v) is 12.1. The number of benzene rings is 1. The van der Waals surface area contributed by atoms with Crippen molar-refractivity contribution in [2.45, 2.75) is 6.42 Å². The van der Waals surface area contributed by atoms with Gasteiger partial charge in [0, 0.05) is 18.9 Å². The first-order valence-electron chi connectivity index (χ1n) is 6.43. The molecule has 1 unspecified atom stereocenters. The van der Waals surface area contributed by atoms with Crippen molar-refractivity contribution in [1.82, 2.24) is 9.55 Å². The van der Waals surface area contributed by atoms with Crippen LogP contribution in [0.15, 0.2) is 36.9 Å². The monoisotopic (exact) mass is 293 g/mol. The molecule has 0 bridgehead atoms. The van der Waals surface area contributed by atoms with Crippen molar-refractivity contribution in [3.05, 3.63) is 41.9 Å². The molecule has 0 saturated carbocycles. The fourth-order valence-electron chi connectivity index (χ4n) is 2.31. The second-order valence-corrected chi connectivity index (χ2v) is 6.27. The summed E-state index contributed by atoms with van der Waals surface area (Å²) in [6.07, 6.45) is 6.76. The number of nitrogens with one attached hydrogen (secondary N) is 1. The Morgan fingerprint density at radius 2 is 2.42 bits per heavy atom. The van der Waals surface area contributed by atoms with Gasteiger partial charge in [-0.15, -0.1) is 0 Å². The summed E-state index contributed by atoms with van der Waals surface area (Å²) in [5, 5.41) is 4.28. The Kier molecular flexibility index (Phi) is 3.99. The van der Waals surface area contributed by atoms with Crippen LogP contribution in [0, 0.1) is 5.92 Å². The summed E-state index contributed by atoms with van der Waals surface area (Å²) in [4.78, 5) is 4.09. The van der Waals surface area contributed by atoms with E-state index in [1.165, 1.54) is 17.9 Å². The average Bonchev–Trinajstić information content (AvgIpc) is 3.09. The first-order valence-corrected chi connectivity index (χ1v) is 7.96. The van der Waals surface area contributed by atoms with Gasteiger partial charge in [0.1, 0.15) is 0 Å². The molecule has 1 saturated heterocycles. The molecule has 1 atom stereocenters. The molecule has 1 aromatic heterocycles. The van der Waals surface area contributed by atoms with E-state index < -0.39 is 0 Å². The molecule has 0 amide bonds. The molecule has 3 nitrogen and oxygen atoms in total. The molecule has 1 aliphatic rings. The van der Waals surface area contributed by atoms with Crippen molar-refractivity contribution in [1.29, 1.82) is 0 Å². The van der Waals surface area contributed by atoms with Gasteiger partial charge in [0.2, 0.25) is 0 Å². The third kappa shape index (κ3) is 2.90. The van der Waals surface area contributed by atoms with Crippen LogP contribution in [-0.2, 0) is 0 Å². The minimum Gasteiger partial charge on any atom is -0.383 e. The molecule has 19 heavy (non-hydrogen) atoms. The number of hydrogen-bond donors (Lipinski definition) is 1. The Labute approximate surface area is 122 Å². The third-order valence-electron chi connectivity index (χ3n) is 3.35. The van der Waals surface area contributed by atoms with E-state index >= 15 is 0 Å². The van der Waals surface area contributed by atoms with E-state index in [4.69, 9.17) is 11.6 Å². The van der Waals surface area contributed by atoms with Gasteiger partial charge in [-0.3, -0.25) is 0 Å². The summed E-state index contributed by atoms with van der Waals surface area (Å²) in [6, 6.07) is 5.96. The zero-order valence-electron chi connectivity index (χ0n) is 10.6. The molecule has 2 aromatic rings. The lowest BCUT2D eigenvalue weighted by molar-refractivity contribution is 0.631. The highest BCUT2D eigenvalue weighted by atomic mass is 35.5. The fourth-order valence-corrected chi connectivity index (χ4v) is 3.87. The van der Waals surface area contributed by atoms with Gasteiger partial charge >= 0.3 is 0 Å². The zero-order chi connectivity index (χ0) is 13.1. The molecule has 1 aromatic carbocycles. The Morgan fingerprint density at radius 1 is 1.47 bits per heavy atom. The van der Waals surface area contributed by atoms with Gasteiger partial charge in [-0.1, -0.05) is 17.7 Å². The highest BCUT2D eigenvalue weighted by molar-refractivity contribution is 7.99. The molecule has 1 N–H and O–H groups in total. The Balaban J connectivity index is 1.82. The largest absolute Gasteiger partial charge is 0.383 e. The van der Waals surface area contributed by atoms with Crippen LogP contribution in [0.1, 0.15) is 6.42 Å². The van der Waals surface area contributed by atoms with Crippen molar-refractivity contribution in [3.63, 3.8) is 0 Å². The van der Waals surface area contributed by atoms with E-state index in [1.54, 1.807) is 12.5 Å². The van der Waals surface area contributed by atoms with E-state index in [0.29, 0.717) is 0 Å². The quantitative estimate of drug-likeness (QED) is 0.932. The number of thioether (sulfide) groups is 1. The van der Waals surface area contributed by atoms with E-state index in [1.807, 2.05) is 34.7 Å². The maximum atomic E-state index is 6.32. The summed E-state index contributed by atoms with van der Waals surface area (Å²) in [6.45, 7) is 1.01. The summed E-state index contributed by atoms with van der Waals surface area (Å²) in [7, 11) is 0. The van der Waals surface area contributed by atoms with Crippen molar-refractivity contribution < 1.29 is 0 Å². The van der Waals surface area contributed by atoms with E-state index in [-0.39, 0.29) is 0 Å². The smallest absolute Gasteiger partial charge is 0.0992 e. The summed E-state index contributed by atoms with van der Waals surface area (Å²) >= 11 is 8.36. The van der Waals surface area contributed by atoms with Gasteiger partial charge in [-0.25, -0.2) is 4.98 Å². The number of nitrogens with zero attached hydrogens (tertiary/aromatic N) is 2. The third-order valence-corrected chi connectivity index (χ3v) is 4.89. The minimum atomic E-state index is 0.740. The second-order valence-electron chi connectivity index (χ2n) is 4.72. The number of hydrogen-bond acceptors (Lipinski definition) is 3. The molecule has 0 aliphatic carbocycles. The van der Waals surface area contributed by atoms with E-state index in [0.717, 1.165) is 28.9 Å². The lowest BCUT2D eigenvalue weighted by atomic mass is 10.1. The highest BCUT2D eigenvalue weighted by Crippen LogP contribution is 2.30. The first kappa shape index (κ1) is 12.9. The van der Waals surface area contributed by atoms with Gasteiger partial charge in [0.25, 0.3) is 0 Å². The molecular formula is C14H16ClN3S. The Morgan fingerprint density at radius 3 is 3.16 bits per heavy atom. The number of anilines is 1. The standard InChI is InChI=1S/C14H16ClN3S/c15-12-2-1-3-13(14(12)18-6-5-16-10-18)17-8-11-4-7-19-9-11/h1-3,5-6,10-11,17H,4,7-9H2. The number of para-hydroxylation sites is 1. The molecule has 0 radical (unpaired) electrons. The van der Waals surface area contributed by atoms with Gasteiger partial charge in [0.05, 0.1) is 22.7 Å². The van der Waals surface area contributed by atoms with Gasteiger partial charge in [-0.2, -0.15) is 11.8 Å². The lowest BCUT2D eigenvalue weighted by Crippen LogP contribution is -2.14. The predicted molar refractivity (Wildman–Crippen MR) is 82.5 cm³/mol. The molecule has 1 fully saturated rings. The highest BCUT2D eigenvalue weighted by Gasteiger charge is 2.16. The Hall–Kier alpha value is -1.13. The van der Waals surface area contributed by atoms with Crippen LogP contribution in [-0.4, -0.2) is 27.6 Å². The summed E-state index contributed by atoms with van der Waals surface area (Å²) in [5.74, 6) is 3.31. The number of halogens is 1. The maximum Gasteiger partial charge on any atom is 0.0992 e. The van der Waals surface area contributed by atoms with Crippen LogP contribution < -0.4 is 5.32 Å². The number of imidazole rings is 1. The van der Waals surface area contributed by atoms with Crippen LogP contribution in [0.4, 0.5) is 5.69 Å². The van der Waals surface area contributed by atoms with Crippen molar-refractivity contribution in [3.8, 4) is 5.69 Å². The SMILES string of the molecule is Clc1cccc(NCC2CCSC2)c1-n1ccnc1. The lowest BCUT2D eigenvalue weighted by Gasteiger charge is -2.16. The minimum absolute atomic E-state index is 0.740. The topological polar surface area (TPSA) is 29.9 Å². The van der Waals surface area contributed by atoms with Crippen LogP contribution in [0.25, 0.3) is 5.69 Å². The Bertz CT molecular complexity index is 536. The summed E-state index contributed by atoms with van der Waals surface area (Å²) < 4.78 is 1.95. The van der Waals surface area contributed by atoms with E-state index in [2.05, 4.69) is 16.4 Å². The molecule has 2 heterocycles. The van der Waals surface area contributed by atoms with E-state index in [9.17, 15) is 0 Å². The van der Waals surface area contributed by atoms with Gasteiger partial charge < -0.3 is 9.88 Å². The predicted octanol–water partition coefficient (Wildman–Crippen LogP) is 3.69. The van der Waals surface area contributed by atoms with Crippen LogP contribution in [0.2, 0.25) is 5.02 Å². The van der Waals surface area contributed by atoms with Crippen LogP contribution in [0.5, 0.6) is 0 Å². The van der Waals surface area contributed by atoms with Gasteiger partial charge in [-0.05, 0) is 36.0 Å². The molecule has 1 aliphatic heterocycles. The van der Waals surface area contributed by atoms with Crippen molar-refractivity contribution in [2.24, 2.45) is 5.92 Å². The molecule has 100 valence electrons. The van der Waals surface area contributed by atoms with Crippen LogP contribution in [0.3, 0.4) is 0 Å². The molecule has 0 spiro atoms. The second kappa shape index (κ2) is 5.88. The van der Waals surface area contributed by atoms with Crippen molar-refractivity contribution in [2.75, 3.05) is 23.4 Å². The normalized spacial score (nSPS) is 18.7. The molecular weight excluding hydrogens is 278 g/mol. The fraction of sp³-hybridized carbons (Fsp3) is 0.357. The number of rotatable bonds is 4. The first-order chi connectivity index (χ1) is 9.34. The van der Waals surface area contributed by atoms with Gasteiger partial charge in [0.15, 0.2) is 0 Å². The molecule has 5 heteroatoms. The molecule has 3 rings (SSSR count).